The Bertz CT molecular complexity index is 752. The number of ketones is 1. The molecule has 1 heterocycles. The van der Waals surface area contributed by atoms with Gasteiger partial charge in [0.15, 0.2) is 17.3 Å². The lowest BCUT2D eigenvalue weighted by molar-refractivity contribution is -0.144. The van der Waals surface area contributed by atoms with E-state index in [1.165, 1.54) is 18.4 Å². The fourth-order valence-corrected chi connectivity index (χ4v) is 3.59. The second-order valence-corrected chi connectivity index (χ2v) is 7.43. The number of rotatable bonds is 12. The Hall–Kier alpha value is -2.16. The van der Waals surface area contributed by atoms with Crippen molar-refractivity contribution in [1.29, 1.82) is 0 Å². The molecule has 0 amide bonds. The Morgan fingerprint density at radius 2 is 1.64 bits per heavy atom. The molecule has 0 saturated heterocycles. The molecule has 0 radical (unpaired) electrons. The molecule has 1 atom stereocenters. The van der Waals surface area contributed by atoms with Gasteiger partial charge < -0.3 is 24.4 Å². The molecule has 0 bridgehead atoms. The molecule has 0 aliphatic carbocycles. The molecule has 0 saturated carbocycles. The molecule has 2 rings (SSSR count). The van der Waals surface area contributed by atoms with E-state index in [0.717, 1.165) is 10.1 Å². The quantitative estimate of drug-likeness (QED) is 0.315. The zero-order valence-corrected chi connectivity index (χ0v) is 16.9. The molecule has 28 heavy (non-hydrogen) atoms. The maximum absolute atomic E-state index is 12.5. The number of esters is 1. The van der Waals surface area contributed by atoms with Gasteiger partial charge in [0.2, 0.25) is 0 Å². The first kappa shape index (κ1) is 22.1. The van der Waals surface area contributed by atoms with E-state index < -0.39 is 11.9 Å². The van der Waals surface area contributed by atoms with E-state index in [9.17, 15) is 9.59 Å². The summed E-state index contributed by atoms with van der Waals surface area (Å²) in [6, 6.07) is 5.40. The topological polar surface area (TPSA) is 102 Å². The van der Waals surface area contributed by atoms with Crippen LogP contribution in [0.1, 0.15) is 35.9 Å². The monoisotopic (exact) mass is 410 g/mol. The normalized spacial score (nSPS) is 12.0. The van der Waals surface area contributed by atoms with Crippen LogP contribution >= 0.6 is 11.3 Å². The average Bonchev–Trinajstić information content (AvgIpc) is 3.10. The summed E-state index contributed by atoms with van der Waals surface area (Å²) >= 11 is 1.33. The van der Waals surface area contributed by atoms with Crippen molar-refractivity contribution in [2.75, 3.05) is 33.5 Å². The van der Waals surface area contributed by atoms with Crippen LogP contribution in [0.2, 0.25) is 0 Å². The molecule has 8 heteroatoms. The van der Waals surface area contributed by atoms with Crippen LogP contribution in [0.3, 0.4) is 0 Å². The van der Waals surface area contributed by atoms with E-state index in [1.54, 1.807) is 19.1 Å². The summed E-state index contributed by atoms with van der Waals surface area (Å²) in [6.07, 6.45) is 1.07. The predicted octanol–water partition coefficient (Wildman–Crippen LogP) is 2.81. The third kappa shape index (κ3) is 5.92. The smallest absolute Gasteiger partial charge is 0.308 e. The van der Waals surface area contributed by atoms with Crippen molar-refractivity contribution in [1.82, 2.24) is 0 Å². The molecule has 2 N–H and O–H groups in total. The van der Waals surface area contributed by atoms with Gasteiger partial charge in [-0.1, -0.05) is 6.92 Å². The third-order valence-electron chi connectivity index (χ3n) is 4.07. The van der Waals surface area contributed by atoms with Gasteiger partial charge in [0.05, 0.1) is 31.1 Å². The number of methoxy groups -OCH3 is 1. The number of Topliss-reactive ketones (excluding diaryl/α,β-unsaturated/α-hetero) is 1. The number of aliphatic hydroxyl groups excluding tert-OH is 2. The van der Waals surface area contributed by atoms with Gasteiger partial charge >= 0.3 is 5.97 Å². The van der Waals surface area contributed by atoms with Crippen LogP contribution in [0.15, 0.2) is 18.2 Å². The predicted molar refractivity (Wildman–Crippen MR) is 106 cm³/mol. The summed E-state index contributed by atoms with van der Waals surface area (Å²) < 4.78 is 17.0. The summed E-state index contributed by atoms with van der Waals surface area (Å²) in [4.78, 5) is 24.6. The van der Waals surface area contributed by atoms with Gasteiger partial charge in [-0.15, -0.1) is 11.3 Å². The lowest BCUT2D eigenvalue weighted by Crippen LogP contribution is -2.16. The number of hydrogen-bond donors (Lipinski definition) is 2. The molecule has 0 aliphatic rings. The van der Waals surface area contributed by atoms with Crippen LogP contribution in [-0.4, -0.2) is 55.5 Å². The average molecular weight is 410 g/mol. The van der Waals surface area contributed by atoms with Crippen molar-refractivity contribution in [3.8, 4) is 11.5 Å². The van der Waals surface area contributed by atoms with Crippen molar-refractivity contribution in [3.63, 3.8) is 0 Å². The lowest BCUT2D eigenvalue weighted by atomic mass is 10.0. The van der Waals surface area contributed by atoms with Gasteiger partial charge in [-0.25, -0.2) is 0 Å². The zero-order chi connectivity index (χ0) is 20.5. The fourth-order valence-electron chi connectivity index (χ4n) is 2.57. The molecule has 7 nitrogen and oxygen atoms in total. The van der Waals surface area contributed by atoms with E-state index in [2.05, 4.69) is 4.74 Å². The van der Waals surface area contributed by atoms with E-state index in [0.29, 0.717) is 42.4 Å². The SMILES string of the molecule is COC(=O)[C@@H](C)CC(=O)c1cc2cc(OCCCO)c(OCCCO)cc2s1. The maximum atomic E-state index is 12.5. The summed E-state index contributed by atoms with van der Waals surface area (Å²) in [5.74, 6) is 0.0250. The van der Waals surface area contributed by atoms with E-state index in [-0.39, 0.29) is 25.4 Å². The number of ether oxygens (including phenoxy) is 3. The van der Waals surface area contributed by atoms with Crippen molar-refractivity contribution < 1.29 is 34.0 Å². The summed E-state index contributed by atoms with van der Waals surface area (Å²) in [7, 11) is 1.30. The van der Waals surface area contributed by atoms with Crippen LogP contribution in [0.4, 0.5) is 0 Å². The minimum absolute atomic E-state index is 0.0262. The van der Waals surface area contributed by atoms with Crippen LogP contribution in [0.5, 0.6) is 11.5 Å². The third-order valence-corrected chi connectivity index (χ3v) is 5.21. The number of hydrogen-bond acceptors (Lipinski definition) is 8. The Balaban J connectivity index is 2.24. The van der Waals surface area contributed by atoms with Gasteiger partial charge in [-0.2, -0.15) is 0 Å². The standard InChI is InChI=1S/C20H26O7S/c1-13(20(24)25-2)9-15(23)19-11-14-10-16(26-7-3-5-21)17(12-18(14)28-19)27-8-4-6-22/h10-13,21-22H,3-9H2,1-2H3/t13-/m0/s1. The molecule has 1 aromatic carbocycles. The molecule has 0 unspecified atom stereocenters. The van der Waals surface area contributed by atoms with E-state index in [4.69, 9.17) is 19.7 Å². The Labute approximate surface area is 167 Å². The highest BCUT2D eigenvalue weighted by molar-refractivity contribution is 7.20. The molecule has 0 aliphatic heterocycles. The van der Waals surface area contributed by atoms with Crippen molar-refractivity contribution in [3.05, 3.63) is 23.1 Å². The molecule has 0 spiro atoms. The van der Waals surface area contributed by atoms with E-state index >= 15 is 0 Å². The first-order valence-electron chi connectivity index (χ1n) is 9.16. The second-order valence-electron chi connectivity index (χ2n) is 6.35. The Morgan fingerprint density at radius 3 is 2.21 bits per heavy atom. The summed E-state index contributed by atoms with van der Waals surface area (Å²) in [5.41, 5.74) is 0. The van der Waals surface area contributed by atoms with Crippen LogP contribution < -0.4 is 9.47 Å². The van der Waals surface area contributed by atoms with Crippen LogP contribution in [0, 0.1) is 5.92 Å². The number of thiophene rings is 1. The highest BCUT2D eigenvalue weighted by Crippen LogP contribution is 2.37. The van der Waals surface area contributed by atoms with Gasteiger partial charge in [0.1, 0.15) is 0 Å². The molecular weight excluding hydrogens is 384 g/mol. The lowest BCUT2D eigenvalue weighted by Gasteiger charge is -2.12. The van der Waals surface area contributed by atoms with Crippen molar-refractivity contribution >= 4 is 33.2 Å². The summed E-state index contributed by atoms with van der Waals surface area (Å²) in [5, 5.41) is 18.7. The van der Waals surface area contributed by atoms with Crippen molar-refractivity contribution in [2.24, 2.45) is 5.92 Å². The Kier molecular flexibility index (Phi) is 8.69. The number of benzene rings is 1. The minimum Gasteiger partial charge on any atom is -0.490 e. The molecule has 0 fully saturated rings. The number of fused-ring (bicyclic) bond motifs is 1. The minimum atomic E-state index is -0.502. The largest absolute Gasteiger partial charge is 0.490 e. The van der Waals surface area contributed by atoms with Crippen molar-refractivity contribution in [2.45, 2.75) is 26.2 Å². The zero-order valence-electron chi connectivity index (χ0n) is 16.1. The molecule has 154 valence electrons. The highest BCUT2D eigenvalue weighted by atomic mass is 32.1. The maximum Gasteiger partial charge on any atom is 0.308 e. The van der Waals surface area contributed by atoms with E-state index in [1.807, 2.05) is 6.07 Å². The molecular formula is C20H26O7S. The van der Waals surface area contributed by atoms with Gasteiger partial charge in [-0.3, -0.25) is 9.59 Å². The number of aliphatic hydroxyl groups is 2. The fraction of sp³-hybridized carbons (Fsp3) is 0.500. The van der Waals surface area contributed by atoms with Crippen LogP contribution in [-0.2, 0) is 9.53 Å². The summed E-state index contributed by atoms with van der Waals surface area (Å²) in [6.45, 7) is 2.39. The van der Waals surface area contributed by atoms with Gasteiger partial charge in [-0.05, 0) is 17.5 Å². The molecule has 1 aromatic heterocycles. The highest BCUT2D eigenvalue weighted by Gasteiger charge is 2.20. The number of carbonyl (C=O) groups is 2. The Morgan fingerprint density at radius 1 is 1.04 bits per heavy atom. The second kappa shape index (κ2) is 11.0. The first-order chi connectivity index (χ1) is 13.5. The first-order valence-corrected chi connectivity index (χ1v) is 9.97. The van der Waals surface area contributed by atoms with Gasteiger partial charge in [0, 0.05) is 43.2 Å². The number of carbonyl (C=O) groups excluding carboxylic acids is 2. The van der Waals surface area contributed by atoms with Crippen LogP contribution in [0.25, 0.3) is 10.1 Å². The van der Waals surface area contributed by atoms with Gasteiger partial charge in [0.25, 0.3) is 0 Å². The molecule has 2 aromatic rings.